The number of amides is 1. The van der Waals surface area contributed by atoms with E-state index in [4.69, 9.17) is 9.47 Å². The fourth-order valence-electron chi connectivity index (χ4n) is 5.40. The largest absolute Gasteiger partial charge is 0.575 e. The van der Waals surface area contributed by atoms with Crippen molar-refractivity contribution in [1.82, 2.24) is 9.80 Å². The normalized spacial score (nSPS) is 17.5. The molecule has 2 aromatic carbocycles. The van der Waals surface area contributed by atoms with Gasteiger partial charge in [-0.25, -0.2) is 9.18 Å². The summed E-state index contributed by atoms with van der Waals surface area (Å²) in [4.78, 5) is 27.5. The average molecular weight is 553 g/mol. The first-order valence-corrected chi connectivity index (χ1v) is 13.0. The summed E-state index contributed by atoms with van der Waals surface area (Å²) in [6.07, 6.45) is -3.51. The second kappa shape index (κ2) is 11.8. The van der Waals surface area contributed by atoms with Crippen LogP contribution >= 0.6 is 0 Å². The van der Waals surface area contributed by atoms with Crippen LogP contribution < -0.4 is 9.47 Å². The summed E-state index contributed by atoms with van der Waals surface area (Å²) in [5, 5.41) is 0. The number of carbonyl (C=O) groups is 2. The van der Waals surface area contributed by atoms with Gasteiger partial charge in [-0.1, -0.05) is 12.1 Å². The number of nitrogens with zero attached hydrogens (tertiary/aromatic N) is 2. The summed E-state index contributed by atoms with van der Waals surface area (Å²) in [7, 11) is 0. The van der Waals surface area contributed by atoms with Crippen LogP contribution in [-0.4, -0.2) is 67.4 Å². The number of likely N-dealkylation sites (tertiary alicyclic amines) is 2. The Kier molecular flexibility index (Phi) is 8.68. The topological polar surface area (TPSA) is 68.3 Å². The first-order chi connectivity index (χ1) is 18.5. The molecule has 212 valence electrons. The van der Waals surface area contributed by atoms with Gasteiger partial charge >= 0.3 is 12.3 Å². The van der Waals surface area contributed by atoms with Gasteiger partial charge in [0.05, 0.1) is 18.8 Å². The molecule has 0 saturated carbocycles. The van der Waals surface area contributed by atoms with E-state index < -0.39 is 18.9 Å². The lowest BCUT2D eigenvalue weighted by molar-refractivity contribution is -0.305. The lowest BCUT2D eigenvalue weighted by Crippen LogP contribution is -2.42. The Morgan fingerprint density at radius 1 is 1.00 bits per heavy atom. The van der Waals surface area contributed by atoms with Crippen LogP contribution in [0.2, 0.25) is 0 Å². The zero-order valence-corrected chi connectivity index (χ0v) is 22.0. The van der Waals surface area contributed by atoms with Gasteiger partial charge in [0.2, 0.25) is 5.91 Å². The third-order valence-electron chi connectivity index (χ3n) is 7.14. The molecular formula is C28H32F4N2O5. The first-order valence-electron chi connectivity index (χ1n) is 13.0. The average Bonchev–Trinajstić information content (AvgIpc) is 3.15. The van der Waals surface area contributed by atoms with Crippen molar-refractivity contribution in [2.24, 2.45) is 5.41 Å². The number of alkyl halides is 3. The molecule has 0 N–H and O–H groups in total. The van der Waals surface area contributed by atoms with Crippen molar-refractivity contribution in [3.63, 3.8) is 0 Å². The summed E-state index contributed by atoms with van der Waals surface area (Å²) >= 11 is 0. The Morgan fingerprint density at radius 3 is 2.13 bits per heavy atom. The van der Waals surface area contributed by atoms with Gasteiger partial charge in [-0.15, -0.1) is 13.2 Å². The Morgan fingerprint density at radius 2 is 1.59 bits per heavy atom. The molecule has 4 rings (SSSR count). The molecule has 2 fully saturated rings. The molecule has 11 heteroatoms. The van der Waals surface area contributed by atoms with E-state index >= 15 is 0 Å². The summed E-state index contributed by atoms with van der Waals surface area (Å²) in [6.45, 7) is 6.17. The molecule has 7 nitrogen and oxygen atoms in total. The van der Waals surface area contributed by atoms with E-state index in [0.29, 0.717) is 57.2 Å². The van der Waals surface area contributed by atoms with Gasteiger partial charge in [0.1, 0.15) is 23.9 Å². The van der Waals surface area contributed by atoms with Crippen molar-refractivity contribution in [2.45, 2.75) is 46.0 Å². The van der Waals surface area contributed by atoms with Crippen molar-refractivity contribution in [2.75, 3.05) is 39.4 Å². The van der Waals surface area contributed by atoms with Gasteiger partial charge in [0.15, 0.2) is 0 Å². The summed E-state index contributed by atoms with van der Waals surface area (Å²) in [5.74, 6) is -0.864. The molecule has 2 aromatic rings. The molecule has 2 aliphatic rings. The summed E-state index contributed by atoms with van der Waals surface area (Å²) < 4.78 is 65.9. The molecule has 39 heavy (non-hydrogen) atoms. The smallest absolute Gasteiger partial charge is 0.493 e. The third kappa shape index (κ3) is 7.20. The van der Waals surface area contributed by atoms with E-state index in [0.717, 1.165) is 16.7 Å². The molecule has 1 amide bonds. The van der Waals surface area contributed by atoms with Gasteiger partial charge in [-0.3, -0.25) is 9.69 Å². The van der Waals surface area contributed by atoms with E-state index in [-0.39, 0.29) is 30.1 Å². The predicted molar refractivity (Wildman–Crippen MR) is 134 cm³/mol. The van der Waals surface area contributed by atoms with Crippen LogP contribution in [0, 0.1) is 11.2 Å². The SMILES string of the molecule is CCOc1cc(CN2CCC3(CC2)CC(=O)N(CC(=O)OC(F)(F)F)C3)cc(OCC)c1-c1ccc(F)cc1. The van der Waals surface area contributed by atoms with Crippen molar-refractivity contribution in [3.8, 4) is 22.6 Å². The second-order valence-corrected chi connectivity index (χ2v) is 9.96. The molecule has 2 heterocycles. The van der Waals surface area contributed by atoms with Crippen LogP contribution in [-0.2, 0) is 20.9 Å². The maximum atomic E-state index is 13.5. The number of esters is 1. The maximum Gasteiger partial charge on any atom is 0.575 e. The van der Waals surface area contributed by atoms with E-state index in [2.05, 4.69) is 9.64 Å². The minimum Gasteiger partial charge on any atom is -0.493 e. The predicted octanol–water partition coefficient (Wildman–Crippen LogP) is 5.17. The van der Waals surface area contributed by atoms with Gasteiger partial charge in [-0.05, 0) is 80.6 Å². The fraction of sp³-hybridized carbons (Fsp3) is 0.500. The molecule has 2 saturated heterocycles. The van der Waals surface area contributed by atoms with Crippen molar-refractivity contribution in [1.29, 1.82) is 0 Å². The number of benzene rings is 2. The highest BCUT2D eigenvalue weighted by Gasteiger charge is 2.46. The number of rotatable bonds is 9. The quantitative estimate of drug-likeness (QED) is 0.316. The van der Waals surface area contributed by atoms with Crippen molar-refractivity contribution >= 4 is 11.9 Å². The Labute approximate surface area is 224 Å². The van der Waals surface area contributed by atoms with E-state index in [1.54, 1.807) is 12.1 Å². The second-order valence-electron chi connectivity index (χ2n) is 9.96. The standard InChI is InChI=1S/C28H32F4N2O5/c1-3-37-22-13-19(14-23(38-4-2)26(22)20-5-7-21(29)8-6-20)16-33-11-9-27(10-12-33)15-24(35)34(18-27)17-25(36)39-28(30,31)32/h5-8,13-14H,3-4,9-12,15-18H2,1-2H3. The number of hydrogen-bond donors (Lipinski definition) is 0. The number of carbonyl (C=O) groups excluding carboxylic acids is 2. The van der Waals surface area contributed by atoms with Crippen LogP contribution in [0.25, 0.3) is 11.1 Å². The Hall–Kier alpha value is -3.34. The van der Waals surface area contributed by atoms with E-state index in [9.17, 15) is 27.2 Å². The van der Waals surface area contributed by atoms with Crippen LogP contribution in [0.4, 0.5) is 17.6 Å². The molecule has 0 bridgehead atoms. The lowest BCUT2D eigenvalue weighted by atomic mass is 9.77. The van der Waals surface area contributed by atoms with Gasteiger partial charge in [0, 0.05) is 19.5 Å². The first kappa shape index (κ1) is 28.7. The van der Waals surface area contributed by atoms with Crippen LogP contribution in [0.3, 0.4) is 0 Å². The van der Waals surface area contributed by atoms with Crippen LogP contribution in [0.5, 0.6) is 11.5 Å². The zero-order valence-electron chi connectivity index (χ0n) is 22.0. The maximum absolute atomic E-state index is 13.5. The molecule has 0 radical (unpaired) electrons. The molecular weight excluding hydrogens is 520 g/mol. The van der Waals surface area contributed by atoms with Crippen molar-refractivity contribution < 1.29 is 41.4 Å². The highest BCUT2D eigenvalue weighted by molar-refractivity contribution is 5.84. The monoisotopic (exact) mass is 552 g/mol. The highest BCUT2D eigenvalue weighted by atomic mass is 19.4. The summed E-state index contributed by atoms with van der Waals surface area (Å²) in [5.41, 5.74) is 2.15. The molecule has 0 atom stereocenters. The molecule has 0 aliphatic carbocycles. The summed E-state index contributed by atoms with van der Waals surface area (Å²) in [6, 6.07) is 10.1. The van der Waals surface area contributed by atoms with Crippen LogP contribution in [0.1, 0.15) is 38.7 Å². The minimum atomic E-state index is -5.07. The van der Waals surface area contributed by atoms with E-state index in [1.165, 1.54) is 17.0 Å². The third-order valence-corrected chi connectivity index (χ3v) is 7.14. The van der Waals surface area contributed by atoms with Crippen LogP contribution in [0.15, 0.2) is 36.4 Å². The number of halogens is 4. The molecule has 0 unspecified atom stereocenters. The number of piperidine rings is 1. The number of hydrogen-bond acceptors (Lipinski definition) is 6. The van der Waals surface area contributed by atoms with Gasteiger partial charge < -0.3 is 19.1 Å². The zero-order chi connectivity index (χ0) is 28.2. The highest BCUT2D eigenvalue weighted by Crippen LogP contribution is 2.43. The Bertz CT molecular complexity index is 1150. The number of ether oxygens (including phenoxy) is 3. The van der Waals surface area contributed by atoms with Crippen molar-refractivity contribution in [3.05, 3.63) is 47.8 Å². The fourth-order valence-corrected chi connectivity index (χ4v) is 5.40. The van der Waals surface area contributed by atoms with Gasteiger partial charge in [0.25, 0.3) is 0 Å². The van der Waals surface area contributed by atoms with Gasteiger partial charge in [-0.2, -0.15) is 0 Å². The lowest BCUT2D eigenvalue weighted by Gasteiger charge is -2.39. The molecule has 0 aromatic heterocycles. The molecule has 1 spiro atoms. The van der Waals surface area contributed by atoms with E-state index in [1.807, 2.05) is 26.0 Å². The molecule has 2 aliphatic heterocycles. The minimum absolute atomic E-state index is 0.204. The Balaban J connectivity index is 1.44.